The van der Waals surface area contributed by atoms with Gasteiger partial charge in [-0.05, 0) is 91.5 Å². The smallest absolute Gasteiger partial charge is 0.156 e. The molecule has 1 unspecified atom stereocenters. The van der Waals surface area contributed by atoms with Gasteiger partial charge in [-0.15, -0.1) is 11.8 Å². The monoisotopic (exact) mass is 432 g/mol. The highest BCUT2D eigenvalue weighted by atomic mass is 32.2. The molecule has 1 aromatic rings. The number of ether oxygens (including phenoxy) is 1. The van der Waals surface area contributed by atoms with Crippen molar-refractivity contribution in [2.24, 2.45) is 17.3 Å². The quantitative estimate of drug-likeness (QED) is 0.387. The van der Waals surface area contributed by atoms with E-state index < -0.39 is 0 Å². The van der Waals surface area contributed by atoms with Crippen LogP contribution >= 0.6 is 11.8 Å². The fraction of sp³-hybridized carbons (Fsp3) is 0.536. The van der Waals surface area contributed by atoms with Crippen LogP contribution in [0.3, 0.4) is 0 Å². The Labute approximate surface area is 190 Å². The molecular weight excluding hydrogens is 400 g/mol. The lowest BCUT2D eigenvalue weighted by Gasteiger charge is -2.54. The molecule has 2 saturated carbocycles. The molecule has 5 aliphatic rings. The van der Waals surface area contributed by atoms with E-state index in [1.54, 1.807) is 11.1 Å². The summed E-state index contributed by atoms with van der Waals surface area (Å²) < 4.78 is 6.51. The summed E-state index contributed by atoms with van der Waals surface area (Å²) in [5, 5.41) is 0. The molecule has 2 fully saturated rings. The third-order valence-corrected chi connectivity index (χ3v) is 10.0. The molecule has 1 aliphatic heterocycles. The van der Waals surface area contributed by atoms with Gasteiger partial charge in [-0.1, -0.05) is 36.8 Å². The fourth-order valence-electron chi connectivity index (χ4n) is 7.81. The van der Waals surface area contributed by atoms with Gasteiger partial charge in [0.25, 0.3) is 0 Å². The molecule has 1 aromatic carbocycles. The Morgan fingerprint density at radius 1 is 1.10 bits per heavy atom. The molecule has 0 aromatic heterocycles. The van der Waals surface area contributed by atoms with Crippen molar-refractivity contribution in [3.05, 3.63) is 64.8 Å². The topological polar surface area (TPSA) is 26.3 Å². The SMILES string of the molecule is CSc1ccc([C@H]2C[C@@]3(C)[C@@H](CCC34C=CCO4)[C@@H]3CCC4=CC(=O)CCC4=C32)cc1. The van der Waals surface area contributed by atoms with Gasteiger partial charge in [0.1, 0.15) is 0 Å². The van der Waals surface area contributed by atoms with Crippen molar-refractivity contribution in [1.29, 1.82) is 0 Å². The Morgan fingerprint density at radius 3 is 2.68 bits per heavy atom. The Kier molecular flexibility index (Phi) is 4.67. The number of thioether (sulfide) groups is 1. The number of fused-ring (bicyclic) bond motifs is 5. The second kappa shape index (κ2) is 7.22. The van der Waals surface area contributed by atoms with Gasteiger partial charge >= 0.3 is 0 Å². The molecule has 162 valence electrons. The van der Waals surface area contributed by atoms with E-state index in [9.17, 15) is 4.79 Å². The highest BCUT2D eigenvalue weighted by Gasteiger charge is 2.63. The number of rotatable bonds is 2. The van der Waals surface area contributed by atoms with E-state index in [1.165, 1.54) is 28.9 Å². The largest absolute Gasteiger partial charge is 0.366 e. The molecule has 2 nitrogen and oxygen atoms in total. The zero-order valence-corrected chi connectivity index (χ0v) is 19.5. The first kappa shape index (κ1) is 20.1. The molecule has 0 amide bonds. The summed E-state index contributed by atoms with van der Waals surface area (Å²) in [4.78, 5) is 13.5. The van der Waals surface area contributed by atoms with E-state index >= 15 is 0 Å². The normalized spacial score (nSPS) is 38.8. The van der Waals surface area contributed by atoms with Gasteiger partial charge in [0, 0.05) is 22.6 Å². The molecule has 3 heteroatoms. The first-order valence-corrected chi connectivity index (χ1v) is 13.2. The van der Waals surface area contributed by atoms with Gasteiger partial charge in [0.2, 0.25) is 0 Å². The van der Waals surface area contributed by atoms with Crippen molar-refractivity contribution in [1.82, 2.24) is 0 Å². The molecule has 0 N–H and O–H groups in total. The fourth-order valence-corrected chi connectivity index (χ4v) is 8.22. The molecule has 0 bridgehead atoms. The molecule has 1 heterocycles. The summed E-state index contributed by atoms with van der Waals surface area (Å²) >= 11 is 1.81. The van der Waals surface area contributed by atoms with Crippen LogP contribution in [0.4, 0.5) is 0 Å². The number of hydrogen-bond donors (Lipinski definition) is 0. The Balaban J connectivity index is 1.51. The summed E-state index contributed by atoms with van der Waals surface area (Å²) in [6, 6.07) is 9.30. The van der Waals surface area contributed by atoms with Gasteiger partial charge in [0.15, 0.2) is 5.78 Å². The van der Waals surface area contributed by atoms with Crippen molar-refractivity contribution < 1.29 is 9.53 Å². The minimum atomic E-state index is -0.0794. The average molecular weight is 433 g/mol. The zero-order chi connectivity index (χ0) is 21.2. The second-order valence-corrected chi connectivity index (χ2v) is 11.3. The van der Waals surface area contributed by atoms with Crippen LogP contribution in [0, 0.1) is 17.3 Å². The summed E-state index contributed by atoms with van der Waals surface area (Å²) in [6.45, 7) is 3.30. The lowest BCUT2D eigenvalue weighted by atomic mass is 9.51. The van der Waals surface area contributed by atoms with E-state index in [0.717, 1.165) is 32.3 Å². The van der Waals surface area contributed by atoms with E-state index in [0.29, 0.717) is 30.0 Å². The standard InChI is InChI=1S/C28H32O2S/c1-27-17-24(18-4-8-21(31-2)9-5-18)26-22-11-7-20(29)16-19(22)6-10-23(26)25(27)12-14-28(27)13-3-15-30-28/h3-5,8-9,13,16,23-25H,6-7,10-12,14-15,17H2,1-2H3/t23-,24+,25-,27-,28?/m0/s1. The van der Waals surface area contributed by atoms with Crippen LogP contribution in [0.1, 0.15) is 63.4 Å². The van der Waals surface area contributed by atoms with Gasteiger partial charge in [0.05, 0.1) is 12.2 Å². The molecule has 0 saturated heterocycles. The predicted molar refractivity (Wildman–Crippen MR) is 126 cm³/mol. The number of ketones is 1. The summed E-state index contributed by atoms with van der Waals surface area (Å²) in [5.74, 6) is 2.06. The van der Waals surface area contributed by atoms with Crippen LogP contribution in [0.5, 0.6) is 0 Å². The number of hydrogen-bond acceptors (Lipinski definition) is 3. The summed E-state index contributed by atoms with van der Waals surface area (Å²) in [6.07, 6.45) is 16.2. The zero-order valence-electron chi connectivity index (χ0n) is 18.7. The highest BCUT2D eigenvalue weighted by molar-refractivity contribution is 7.98. The lowest BCUT2D eigenvalue weighted by Crippen LogP contribution is -2.51. The van der Waals surface area contributed by atoms with Gasteiger partial charge in [-0.25, -0.2) is 0 Å². The van der Waals surface area contributed by atoms with Gasteiger partial charge < -0.3 is 4.74 Å². The van der Waals surface area contributed by atoms with Crippen molar-refractivity contribution >= 4 is 17.5 Å². The van der Waals surface area contributed by atoms with Crippen LogP contribution in [0.2, 0.25) is 0 Å². The third kappa shape index (κ3) is 2.85. The van der Waals surface area contributed by atoms with Crippen molar-refractivity contribution in [2.45, 2.75) is 68.3 Å². The molecule has 4 aliphatic carbocycles. The minimum absolute atomic E-state index is 0.0794. The van der Waals surface area contributed by atoms with Crippen LogP contribution < -0.4 is 0 Å². The van der Waals surface area contributed by atoms with Crippen molar-refractivity contribution in [2.75, 3.05) is 12.9 Å². The lowest BCUT2D eigenvalue weighted by molar-refractivity contribution is -0.114. The first-order valence-electron chi connectivity index (χ1n) is 12.0. The number of allylic oxidation sites excluding steroid dienone is 4. The maximum absolute atomic E-state index is 12.2. The van der Waals surface area contributed by atoms with Crippen LogP contribution in [-0.4, -0.2) is 24.2 Å². The molecule has 6 rings (SSSR count). The molecule has 31 heavy (non-hydrogen) atoms. The summed E-state index contributed by atoms with van der Waals surface area (Å²) in [7, 11) is 0. The van der Waals surface area contributed by atoms with E-state index in [-0.39, 0.29) is 11.0 Å². The van der Waals surface area contributed by atoms with E-state index in [4.69, 9.17) is 4.74 Å². The Bertz CT molecular complexity index is 1020. The molecule has 1 spiro atoms. The maximum atomic E-state index is 12.2. The summed E-state index contributed by atoms with van der Waals surface area (Å²) in [5.41, 5.74) is 6.12. The van der Waals surface area contributed by atoms with Crippen LogP contribution in [0.25, 0.3) is 0 Å². The Morgan fingerprint density at radius 2 is 1.94 bits per heavy atom. The minimum Gasteiger partial charge on any atom is -0.366 e. The highest BCUT2D eigenvalue weighted by Crippen LogP contribution is 2.68. The Hall–Kier alpha value is -1.58. The van der Waals surface area contributed by atoms with Crippen molar-refractivity contribution in [3.8, 4) is 0 Å². The average Bonchev–Trinajstić information content (AvgIpc) is 3.39. The maximum Gasteiger partial charge on any atom is 0.156 e. The van der Waals surface area contributed by atoms with Crippen molar-refractivity contribution in [3.63, 3.8) is 0 Å². The van der Waals surface area contributed by atoms with Crippen LogP contribution in [0.15, 0.2) is 64.1 Å². The predicted octanol–water partition coefficient (Wildman–Crippen LogP) is 6.63. The van der Waals surface area contributed by atoms with E-state index in [1.807, 2.05) is 17.8 Å². The van der Waals surface area contributed by atoms with Gasteiger partial charge in [-0.3, -0.25) is 4.79 Å². The molecule has 5 atom stereocenters. The van der Waals surface area contributed by atoms with Crippen LogP contribution in [-0.2, 0) is 9.53 Å². The second-order valence-electron chi connectivity index (χ2n) is 10.4. The number of carbonyl (C=O) groups is 1. The first-order chi connectivity index (χ1) is 15.0. The van der Waals surface area contributed by atoms with Gasteiger partial charge in [-0.2, -0.15) is 0 Å². The number of carbonyl (C=O) groups excluding carboxylic acids is 1. The molecule has 0 radical (unpaired) electrons. The van der Waals surface area contributed by atoms with E-state index in [2.05, 4.69) is 49.6 Å². The number of benzene rings is 1. The third-order valence-electron chi connectivity index (χ3n) is 9.26. The molecular formula is C28H32O2S.